The number of rotatable bonds is 5. The lowest BCUT2D eigenvalue weighted by molar-refractivity contribution is 0.0675. The third-order valence-electron chi connectivity index (χ3n) is 6.45. The van der Waals surface area contributed by atoms with Crippen LogP contribution in [0.4, 0.5) is 0 Å². The van der Waals surface area contributed by atoms with E-state index in [0.717, 1.165) is 29.7 Å². The molecule has 0 bridgehead atoms. The highest BCUT2D eigenvalue weighted by Gasteiger charge is 2.28. The fourth-order valence-electron chi connectivity index (χ4n) is 4.51. The summed E-state index contributed by atoms with van der Waals surface area (Å²) in [6.45, 7) is 9.87. The van der Waals surface area contributed by atoms with Crippen LogP contribution in [0.15, 0.2) is 48.5 Å². The van der Waals surface area contributed by atoms with E-state index in [-0.39, 0.29) is 17.9 Å². The SMILES string of the molecule is CCn1nc(C)cc1C(=O)N[C@@H]1CCCN(C(=O)c2ccccc2-c2ccc(C)c(C)c2)C1. The van der Waals surface area contributed by atoms with Crippen LogP contribution in [0.1, 0.15) is 57.4 Å². The largest absolute Gasteiger partial charge is 0.346 e. The van der Waals surface area contributed by atoms with Gasteiger partial charge in [0, 0.05) is 31.2 Å². The molecule has 1 fully saturated rings. The average molecular weight is 445 g/mol. The lowest BCUT2D eigenvalue weighted by atomic mass is 9.95. The fraction of sp³-hybridized carbons (Fsp3) is 0.370. The molecule has 2 heterocycles. The number of nitrogens with one attached hydrogen (secondary N) is 1. The minimum Gasteiger partial charge on any atom is -0.346 e. The van der Waals surface area contributed by atoms with Crippen LogP contribution in [0.3, 0.4) is 0 Å². The van der Waals surface area contributed by atoms with Crippen molar-refractivity contribution in [3.63, 3.8) is 0 Å². The first-order valence-corrected chi connectivity index (χ1v) is 11.7. The van der Waals surface area contributed by atoms with Gasteiger partial charge in [0.2, 0.25) is 0 Å². The number of nitrogens with zero attached hydrogens (tertiary/aromatic N) is 3. The summed E-state index contributed by atoms with van der Waals surface area (Å²) >= 11 is 0. The Morgan fingerprint density at radius 1 is 1.06 bits per heavy atom. The van der Waals surface area contributed by atoms with E-state index in [9.17, 15) is 9.59 Å². The van der Waals surface area contributed by atoms with Crippen LogP contribution in [0.25, 0.3) is 11.1 Å². The molecule has 0 radical (unpaired) electrons. The predicted molar refractivity (Wildman–Crippen MR) is 130 cm³/mol. The van der Waals surface area contributed by atoms with Gasteiger partial charge in [-0.25, -0.2) is 0 Å². The highest BCUT2D eigenvalue weighted by atomic mass is 16.2. The van der Waals surface area contributed by atoms with Gasteiger partial charge < -0.3 is 10.2 Å². The molecule has 1 aliphatic rings. The van der Waals surface area contributed by atoms with Crippen molar-refractivity contribution in [2.24, 2.45) is 0 Å². The Morgan fingerprint density at radius 2 is 1.85 bits per heavy atom. The van der Waals surface area contributed by atoms with Crippen LogP contribution >= 0.6 is 0 Å². The topological polar surface area (TPSA) is 67.2 Å². The lowest BCUT2D eigenvalue weighted by Crippen LogP contribution is -2.50. The molecule has 6 nitrogen and oxygen atoms in total. The number of aromatic nitrogens is 2. The molecule has 6 heteroatoms. The molecule has 33 heavy (non-hydrogen) atoms. The quantitative estimate of drug-likeness (QED) is 0.629. The number of carbonyl (C=O) groups is 2. The molecule has 2 aromatic carbocycles. The van der Waals surface area contributed by atoms with Crippen molar-refractivity contribution in [2.75, 3.05) is 13.1 Å². The van der Waals surface area contributed by atoms with E-state index in [0.29, 0.717) is 30.9 Å². The third kappa shape index (κ3) is 4.85. The average Bonchev–Trinajstić information content (AvgIpc) is 3.21. The van der Waals surface area contributed by atoms with E-state index in [1.54, 1.807) is 4.68 Å². The van der Waals surface area contributed by atoms with Crippen LogP contribution in [0.5, 0.6) is 0 Å². The molecule has 0 saturated carbocycles. The van der Waals surface area contributed by atoms with E-state index in [1.807, 2.05) is 49.1 Å². The maximum atomic E-state index is 13.5. The molecule has 1 aliphatic heterocycles. The normalized spacial score (nSPS) is 16.0. The minimum atomic E-state index is -0.132. The summed E-state index contributed by atoms with van der Waals surface area (Å²) in [5.74, 6) is -0.121. The van der Waals surface area contributed by atoms with Crippen LogP contribution in [-0.4, -0.2) is 45.6 Å². The zero-order valence-electron chi connectivity index (χ0n) is 19.9. The van der Waals surface area contributed by atoms with Gasteiger partial charge in [0.25, 0.3) is 11.8 Å². The van der Waals surface area contributed by atoms with Gasteiger partial charge in [-0.05, 0) is 74.9 Å². The van der Waals surface area contributed by atoms with E-state index >= 15 is 0 Å². The predicted octanol–water partition coefficient (Wildman–Crippen LogP) is 4.53. The van der Waals surface area contributed by atoms with Crippen LogP contribution in [0.2, 0.25) is 0 Å². The molecule has 0 aliphatic carbocycles. The second-order valence-electron chi connectivity index (χ2n) is 8.90. The van der Waals surface area contributed by atoms with Gasteiger partial charge in [-0.15, -0.1) is 0 Å². The Morgan fingerprint density at radius 3 is 2.61 bits per heavy atom. The summed E-state index contributed by atoms with van der Waals surface area (Å²) in [6.07, 6.45) is 1.71. The molecular formula is C27H32N4O2. The summed E-state index contributed by atoms with van der Waals surface area (Å²) in [5, 5.41) is 7.49. The molecule has 1 N–H and O–H groups in total. The molecule has 4 rings (SSSR count). The number of piperidine rings is 1. The first-order valence-electron chi connectivity index (χ1n) is 11.7. The van der Waals surface area contributed by atoms with Crippen molar-refractivity contribution < 1.29 is 9.59 Å². The Balaban J connectivity index is 1.51. The van der Waals surface area contributed by atoms with Gasteiger partial charge in [0.15, 0.2) is 0 Å². The molecule has 1 saturated heterocycles. The molecular weight excluding hydrogens is 412 g/mol. The molecule has 3 aromatic rings. The van der Waals surface area contributed by atoms with Gasteiger partial charge in [-0.2, -0.15) is 5.10 Å². The first-order chi connectivity index (χ1) is 15.9. The van der Waals surface area contributed by atoms with Crippen molar-refractivity contribution in [3.8, 4) is 11.1 Å². The van der Waals surface area contributed by atoms with Crippen LogP contribution in [0, 0.1) is 20.8 Å². The van der Waals surface area contributed by atoms with E-state index in [4.69, 9.17) is 0 Å². The van der Waals surface area contributed by atoms with E-state index < -0.39 is 0 Å². The van der Waals surface area contributed by atoms with Gasteiger partial charge in [0.05, 0.1) is 5.69 Å². The molecule has 172 valence electrons. The smallest absolute Gasteiger partial charge is 0.269 e. The van der Waals surface area contributed by atoms with Crippen molar-refractivity contribution >= 4 is 11.8 Å². The maximum Gasteiger partial charge on any atom is 0.269 e. The summed E-state index contributed by atoms with van der Waals surface area (Å²) in [5.41, 5.74) is 6.52. The summed E-state index contributed by atoms with van der Waals surface area (Å²) in [6, 6.07) is 15.8. The first kappa shape index (κ1) is 22.8. The standard InChI is InChI=1S/C27H32N4O2/c1-5-31-25(16-20(4)29-31)26(32)28-22-9-8-14-30(17-22)27(33)24-11-7-6-10-23(24)21-13-12-18(2)19(3)15-21/h6-7,10-13,15-16,22H,5,8-9,14,17H2,1-4H3,(H,28,32)/t22-/m1/s1. The van der Waals surface area contributed by atoms with Crippen molar-refractivity contribution in [1.29, 1.82) is 0 Å². The highest BCUT2D eigenvalue weighted by Crippen LogP contribution is 2.27. The van der Waals surface area contributed by atoms with Gasteiger partial charge >= 0.3 is 0 Å². The summed E-state index contributed by atoms with van der Waals surface area (Å²) < 4.78 is 1.72. The Bertz CT molecular complexity index is 1180. The van der Waals surface area contributed by atoms with Gasteiger partial charge in [-0.3, -0.25) is 14.3 Å². The molecule has 0 unspecified atom stereocenters. The minimum absolute atomic E-state index is 0.0113. The Hall–Kier alpha value is -3.41. The zero-order valence-corrected chi connectivity index (χ0v) is 19.9. The second-order valence-corrected chi connectivity index (χ2v) is 8.90. The van der Waals surface area contributed by atoms with Crippen LogP contribution in [-0.2, 0) is 6.54 Å². The van der Waals surface area contributed by atoms with E-state index in [1.165, 1.54) is 11.1 Å². The fourth-order valence-corrected chi connectivity index (χ4v) is 4.51. The second kappa shape index (κ2) is 9.61. The Kier molecular flexibility index (Phi) is 6.63. The molecule has 1 aromatic heterocycles. The lowest BCUT2D eigenvalue weighted by Gasteiger charge is -2.33. The molecule has 0 spiro atoms. The van der Waals surface area contributed by atoms with Crippen molar-refractivity contribution in [1.82, 2.24) is 20.0 Å². The highest BCUT2D eigenvalue weighted by molar-refractivity contribution is 6.01. The van der Waals surface area contributed by atoms with Gasteiger partial charge in [-0.1, -0.05) is 36.4 Å². The number of hydrogen-bond donors (Lipinski definition) is 1. The van der Waals surface area contributed by atoms with E-state index in [2.05, 4.69) is 42.5 Å². The number of benzene rings is 2. The summed E-state index contributed by atoms with van der Waals surface area (Å²) in [7, 11) is 0. The molecule has 2 amide bonds. The molecule has 1 atom stereocenters. The number of carbonyl (C=O) groups excluding carboxylic acids is 2. The maximum absolute atomic E-state index is 13.5. The Labute approximate surface area is 195 Å². The zero-order chi connectivity index (χ0) is 23.5. The van der Waals surface area contributed by atoms with Crippen LogP contribution < -0.4 is 5.32 Å². The number of hydrogen-bond acceptors (Lipinski definition) is 3. The summed E-state index contributed by atoms with van der Waals surface area (Å²) in [4.78, 5) is 28.3. The number of likely N-dealkylation sites (tertiary alicyclic amines) is 1. The monoisotopic (exact) mass is 444 g/mol. The van der Waals surface area contributed by atoms with Crippen molar-refractivity contribution in [2.45, 2.75) is 53.1 Å². The number of aryl methyl sites for hydroxylation is 4. The van der Waals surface area contributed by atoms with Gasteiger partial charge in [0.1, 0.15) is 5.69 Å². The third-order valence-corrected chi connectivity index (χ3v) is 6.45. The van der Waals surface area contributed by atoms with Crippen molar-refractivity contribution in [3.05, 3.63) is 76.6 Å². The number of amides is 2.